The molecule has 8 nitrogen and oxygen atoms in total. The van der Waals surface area contributed by atoms with Crippen molar-refractivity contribution >= 4 is 10.0 Å². The average Bonchev–Trinajstić information content (AvgIpc) is 3.18. The Bertz CT molecular complexity index is 1090. The maximum atomic E-state index is 13.1. The highest BCUT2D eigenvalue weighted by atomic mass is 32.2. The molecule has 0 bridgehead atoms. The first kappa shape index (κ1) is 20.9. The van der Waals surface area contributed by atoms with Gasteiger partial charge in [-0.1, -0.05) is 19.0 Å². The summed E-state index contributed by atoms with van der Waals surface area (Å²) in [5.74, 6) is 1.11. The number of ether oxygens (including phenoxy) is 1. The lowest BCUT2D eigenvalue weighted by molar-refractivity contribution is 0.311. The standard InChI is InChI=1S/C20H24N4O4S/c1-12(2)18(20-22-19(23-28-20)15-8-10-21-11-9-15)24-29(25,26)17-7-6-16(27-5)13(3)14(17)4/h6-12,18,24H,1-5H3. The number of sulfonamides is 1. The Morgan fingerprint density at radius 2 is 1.76 bits per heavy atom. The zero-order valence-corrected chi connectivity index (χ0v) is 17.8. The molecule has 0 saturated carbocycles. The minimum absolute atomic E-state index is 0.116. The third-order valence-corrected chi connectivity index (χ3v) is 6.38. The number of methoxy groups -OCH3 is 1. The van der Waals surface area contributed by atoms with E-state index >= 15 is 0 Å². The third kappa shape index (κ3) is 4.30. The highest BCUT2D eigenvalue weighted by Crippen LogP contribution is 2.30. The summed E-state index contributed by atoms with van der Waals surface area (Å²) < 4.78 is 39.6. The van der Waals surface area contributed by atoms with Crippen LogP contribution in [0.3, 0.4) is 0 Å². The van der Waals surface area contributed by atoms with Crippen LogP contribution in [0, 0.1) is 19.8 Å². The molecular formula is C20H24N4O4S. The number of hydrogen-bond acceptors (Lipinski definition) is 7. The van der Waals surface area contributed by atoms with Gasteiger partial charge in [0.15, 0.2) is 0 Å². The minimum Gasteiger partial charge on any atom is -0.496 e. The summed E-state index contributed by atoms with van der Waals surface area (Å²) in [7, 11) is -2.28. The van der Waals surface area contributed by atoms with E-state index in [4.69, 9.17) is 9.26 Å². The maximum Gasteiger partial charge on any atom is 0.245 e. The molecule has 0 saturated heterocycles. The highest BCUT2D eigenvalue weighted by Gasteiger charge is 2.30. The monoisotopic (exact) mass is 416 g/mol. The van der Waals surface area contributed by atoms with Crippen molar-refractivity contribution in [2.24, 2.45) is 5.92 Å². The molecule has 2 aromatic heterocycles. The van der Waals surface area contributed by atoms with Crippen LogP contribution in [0.4, 0.5) is 0 Å². The summed E-state index contributed by atoms with van der Waals surface area (Å²) in [6.07, 6.45) is 3.26. The number of benzene rings is 1. The van der Waals surface area contributed by atoms with Crippen LogP contribution in [-0.2, 0) is 10.0 Å². The van der Waals surface area contributed by atoms with Crippen LogP contribution in [-0.4, -0.2) is 30.7 Å². The van der Waals surface area contributed by atoms with Crippen LogP contribution in [0.2, 0.25) is 0 Å². The van der Waals surface area contributed by atoms with Gasteiger partial charge < -0.3 is 9.26 Å². The van der Waals surface area contributed by atoms with E-state index in [0.717, 1.165) is 11.1 Å². The molecule has 29 heavy (non-hydrogen) atoms. The highest BCUT2D eigenvalue weighted by molar-refractivity contribution is 7.89. The van der Waals surface area contributed by atoms with E-state index < -0.39 is 16.1 Å². The van der Waals surface area contributed by atoms with Crippen molar-refractivity contribution in [3.8, 4) is 17.1 Å². The van der Waals surface area contributed by atoms with Gasteiger partial charge in [-0.2, -0.15) is 9.71 Å². The molecule has 0 amide bonds. The fraction of sp³-hybridized carbons (Fsp3) is 0.350. The molecule has 1 unspecified atom stereocenters. The number of pyridine rings is 1. The second-order valence-electron chi connectivity index (χ2n) is 7.05. The summed E-state index contributed by atoms with van der Waals surface area (Å²) in [4.78, 5) is 8.55. The Hall–Kier alpha value is -2.78. The van der Waals surface area contributed by atoms with Gasteiger partial charge in [-0.3, -0.25) is 4.98 Å². The zero-order valence-electron chi connectivity index (χ0n) is 17.0. The molecule has 1 N–H and O–H groups in total. The van der Waals surface area contributed by atoms with Gasteiger partial charge in [0.25, 0.3) is 0 Å². The summed E-state index contributed by atoms with van der Waals surface area (Å²) in [5, 5.41) is 3.98. The largest absolute Gasteiger partial charge is 0.496 e. The summed E-state index contributed by atoms with van der Waals surface area (Å²) in [6.45, 7) is 7.35. The van der Waals surface area contributed by atoms with Crippen molar-refractivity contribution in [3.05, 3.63) is 53.7 Å². The van der Waals surface area contributed by atoms with Crippen molar-refractivity contribution in [2.75, 3.05) is 7.11 Å². The summed E-state index contributed by atoms with van der Waals surface area (Å²) >= 11 is 0. The van der Waals surface area contributed by atoms with E-state index in [9.17, 15) is 8.42 Å². The molecule has 0 aliphatic heterocycles. The Labute approximate surface area is 170 Å². The molecular weight excluding hydrogens is 392 g/mol. The summed E-state index contributed by atoms with van der Waals surface area (Å²) in [5.41, 5.74) is 2.14. The van der Waals surface area contributed by atoms with Gasteiger partial charge in [0, 0.05) is 18.0 Å². The Morgan fingerprint density at radius 3 is 2.38 bits per heavy atom. The summed E-state index contributed by atoms with van der Waals surface area (Å²) in [6, 6.07) is 6.02. The predicted molar refractivity (Wildman–Crippen MR) is 108 cm³/mol. The van der Waals surface area contributed by atoms with E-state index in [1.54, 1.807) is 44.6 Å². The van der Waals surface area contributed by atoms with Crippen molar-refractivity contribution < 1.29 is 17.7 Å². The van der Waals surface area contributed by atoms with Gasteiger partial charge in [0.05, 0.1) is 12.0 Å². The number of nitrogens with zero attached hydrogens (tertiary/aromatic N) is 3. The topological polar surface area (TPSA) is 107 Å². The lowest BCUT2D eigenvalue weighted by Gasteiger charge is -2.20. The fourth-order valence-corrected chi connectivity index (χ4v) is 4.60. The van der Waals surface area contributed by atoms with Crippen molar-refractivity contribution in [1.29, 1.82) is 0 Å². The van der Waals surface area contributed by atoms with Crippen molar-refractivity contribution in [3.63, 3.8) is 0 Å². The Kier molecular flexibility index (Phi) is 5.99. The van der Waals surface area contributed by atoms with Crippen molar-refractivity contribution in [1.82, 2.24) is 19.8 Å². The minimum atomic E-state index is -3.83. The van der Waals surface area contributed by atoms with Crippen LogP contribution >= 0.6 is 0 Å². The van der Waals surface area contributed by atoms with E-state index in [2.05, 4.69) is 19.8 Å². The predicted octanol–water partition coefficient (Wildman–Crippen LogP) is 3.43. The second kappa shape index (κ2) is 8.30. The molecule has 154 valence electrons. The van der Waals surface area contributed by atoms with E-state index in [1.807, 2.05) is 20.8 Å². The fourth-order valence-electron chi connectivity index (χ4n) is 2.97. The molecule has 9 heteroatoms. The molecule has 0 spiro atoms. The van der Waals surface area contributed by atoms with Gasteiger partial charge in [-0.05, 0) is 55.2 Å². The normalized spacial score (nSPS) is 12.9. The third-order valence-electron chi connectivity index (χ3n) is 4.79. The molecule has 0 aliphatic carbocycles. The van der Waals surface area contributed by atoms with Crippen molar-refractivity contribution in [2.45, 2.75) is 38.6 Å². The van der Waals surface area contributed by atoms with Gasteiger partial charge in [0.2, 0.25) is 21.7 Å². The van der Waals surface area contributed by atoms with Crippen LogP contribution < -0.4 is 9.46 Å². The molecule has 3 aromatic rings. The number of rotatable bonds is 7. The Morgan fingerprint density at radius 1 is 1.07 bits per heavy atom. The van der Waals surface area contributed by atoms with Gasteiger partial charge in [-0.25, -0.2) is 8.42 Å². The second-order valence-corrected chi connectivity index (χ2v) is 8.73. The Balaban J connectivity index is 1.94. The molecule has 0 aliphatic rings. The average molecular weight is 417 g/mol. The maximum absolute atomic E-state index is 13.1. The van der Waals surface area contributed by atoms with Gasteiger partial charge in [-0.15, -0.1) is 0 Å². The zero-order chi connectivity index (χ0) is 21.2. The smallest absolute Gasteiger partial charge is 0.245 e. The first-order valence-corrected chi connectivity index (χ1v) is 10.6. The van der Waals surface area contributed by atoms with Crippen LogP contribution in [0.1, 0.15) is 36.9 Å². The lowest BCUT2D eigenvalue weighted by Crippen LogP contribution is -2.32. The van der Waals surface area contributed by atoms with Crippen LogP contribution in [0.15, 0.2) is 46.1 Å². The van der Waals surface area contributed by atoms with E-state index in [0.29, 0.717) is 17.1 Å². The molecule has 0 fully saturated rings. The lowest BCUT2D eigenvalue weighted by atomic mass is 10.1. The number of hydrogen-bond donors (Lipinski definition) is 1. The van der Waals surface area contributed by atoms with E-state index in [1.165, 1.54) is 6.07 Å². The molecule has 3 rings (SSSR count). The van der Waals surface area contributed by atoms with Crippen LogP contribution in [0.5, 0.6) is 5.75 Å². The molecule has 0 radical (unpaired) electrons. The number of aromatic nitrogens is 3. The molecule has 1 aromatic carbocycles. The first-order chi connectivity index (χ1) is 13.7. The van der Waals surface area contributed by atoms with Crippen LogP contribution in [0.25, 0.3) is 11.4 Å². The number of nitrogens with one attached hydrogen (secondary N) is 1. The van der Waals surface area contributed by atoms with E-state index in [-0.39, 0.29) is 16.7 Å². The van der Waals surface area contributed by atoms with Gasteiger partial charge >= 0.3 is 0 Å². The van der Waals surface area contributed by atoms with Gasteiger partial charge in [0.1, 0.15) is 11.8 Å². The SMILES string of the molecule is COc1ccc(S(=O)(=O)NC(c2nc(-c3ccncc3)no2)C(C)C)c(C)c1C. The first-order valence-electron chi connectivity index (χ1n) is 9.15. The molecule has 2 heterocycles. The quantitative estimate of drug-likeness (QED) is 0.629. The molecule has 1 atom stereocenters.